The third-order valence-corrected chi connectivity index (χ3v) is 13.3. The number of phosphoric acid groups is 4. The average molecular weight is 836 g/mol. The largest absolute Gasteiger partial charge is 0.490 e. The van der Waals surface area contributed by atoms with Gasteiger partial charge in [-0.2, -0.15) is 12.9 Å². The first-order valence-corrected chi connectivity index (χ1v) is 20.3. The van der Waals surface area contributed by atoms with Crippen molar-refractivity contribution in [3.63, 3.8) is 0 Å². The van der Waals surface area contributed by atoms with Crippen molar-refractivity contribution in [2.45, 2.75) is 49.1 Å². The Balaban J connectivity index is 1.01. The zero-order valence-electron chi connectivity index (χ0n) is 25.9. The van der Waals surface area contributed by atoms with E-state index in [0.717, 1.165) is 34.4 Å². The van der Waals surface area contributed by atoms with Crippen molar-refractivity contribution in [2.24, 2.45) is 0 Å². The summed E-state index contributed by atoms with van der Waals surface area (Å²) in [5, 5.41) is 41.8. The van der Waals surface area contributed by atoms with Crippen LogP contribution in [-0.4, -0.2) is 129 Å². The van der Waals surface area contributed by atoms with Crippen LogP contribution in [0.2, 0.25) is 0 Å². The molecule has 0 aliphatic carbocycles. The van der Waals surface area contributed by atoms with E-state index in [1.165, 1.54) is 0 Å². The number of aliphatic hydroxyl groups excluding tert-OH is 4. The lowest BCUT2D eigenvalue weighted by Gasteiger charge is -2.21. The fraction of sp³-hybridized carbons (Fsp3) is 0.500. The van der Waals surface area contributed by atoms with Crippen LogP contribution in [0.1, 0.15) is 12.5 Å². The van der Waals surface area contributed by atoms with Gasteiger partial charge in [-0.1, -0.05) is 0 Å². The molecule has 6 heterocycles. The van der Waals surface area contributed by atoms with Gasteiger partial charge < -0.3 is 60.9 Å². The third-order valence-electron chi connectivity index (χ3n) is 7.42. The van der Waals surface area contributed by atoms with Crippen LogP contribution in [0.25, 0.3) is 22.3 Å². The van der Waals surface area contributed by atoms with Gasteiger partial charge in [0.1, 0.15) is 60.3 Å². The maximum Gasteiger partial charge on any atom is 0.490 e. The van der Waals surface area contributed by atoms with Crippen LogP contribution in [0.3, 0.4) is 0 Å². The van der Waals surface area contributed by atoms with E-state index in [2.05, 4.69) is 51.9 Å². The van der Waals surface area contributed by atoms with Crippen molar-refractivity contribution in [3.05, 3.63) is 25.3 Å². The van der Waals surface area contributed by atoms with E-state index in [1.54, 1.807) is 0 Å². The van der Waals surface area contributed by atoms with E-state index in [0.29, 0.717) is 0 Å². The molecule has 2 aliphatic rings. The Labute approximate surface area is 293 Å². The van der Waals surface area contributed by atoms with Crippen LogP contribution in [-0.2, 0) is 49.7 Å². The SMILES string of the molecule is Nc1ncnc2c1ncn2[C@@H]1O[C@H](COP(=O)(O)OP(=O)(O)OP(=O)(O)OP(=O)(O)OC[C@H]2O[C@@H](n3cnc4c(N)ncnc43)C(O)C2O)C(O)C1O. The smallest absolute Gasteiger partial charge is 0.387 e. The monoisotopic (exact) mass is 836 g/mol. The first-order valence-electron chi connectivity index (χ1n) is 14.3. The van der Waals surface area contributed by atoms with Crippen LogP contribution in [0.5, 0.6) is 0 Å². The molecule has 33 heteroatoms. The van der Waals surface area contributed by atoms with Crippen LogP contribution in [0, 0.1) is 0 Å². The number of aliphatic hydroxyl groups is 4. The van der Waals surface area contributed by atoms with Crippen molar-refractivity contribution in [1.82, 2.24) is 39.0 Å². The maximum atomic E-state index is 12.4. The zero-order valence-corrected chi connectivity index (χ0v) is 29.5. The summed E-state index contributed by atoms with van der Waals surface area (Å²) in [5.74, 6) is -0.0284. The van der Waals surface area contributed by atoms with Gasteiger partial charge in [-0.25, -0.2) is 48.2 Å². The minimum absolute atomic E-state index is 0.0142. The Kier molecular flexibility index (Phi) is 10.9. The Morgan fingerprint density at radius 3 is 1.32 bits per heavy atom. The van der Waals surface area contributed by atoms with E-state index in [9.17, 15) is 58.3 Å². The predicted octanol–water partition coefficient (Wildman–Crippen LogP) is -2.45. The number of phosphoric ester groups is 2. The number of hydrogen-bond donors (Lipinski definition) is 10. The van der Waals surface area contributed by atoms with Gasteiger partial charge in [0.25, 0.3) is 0 Å². The number of anilines is 2. The maximum absolute atomic E-state index is 12.4. The van der Waals surface area contributed by atoms with Gasteiger partial charge in [0, 0.05) is 0 Å². The molecule has 292 valence electrons. The number of imidazole rings is 2. The molecular weight excluding hydrogens is 808 g/mol. The molecule has 12 N–H and O–H groups in total. The number of aromatic nitrogens is 8. The minimum Gasteiger partial charge on any atom is -0.387 e. The number of nitrogen functional groups attached to an aromatic ring is 2. The summed E-state index contributed by atoms with van der Waals surface area (Å²) < 4.78 is 83.4. The van der Waals surface area contributed by atoms with Crippen molar-refractivity contribution in [2.75, 3.05) is 24.7 Å². The second kappa shape index (κ2) is 14.6. The van der Waals surface area contributed by atoms with Gasteiger partial charge in [0.05, 0.1) is 25.9 Å². The molecule has 0 saturated carbocycles. The molecule has 0 spiro atoms. The van der Waals surface area contributed by atoms with Crippen LogP contribution in [0.4, 0.5) is 11.6 Å². The number of nitrogens with two attached hydrogens (primary N) is 2. The summed E-state index contributed by atoms with van der Waals surface area (Å²) >= 11 is 0. The van der Waals surface area contributed by atoms with Crippen molar-refractivity contribution >= 4 is 65.3 Å². The minimum atomic E-state index is -6.19. The lowest BCUT2D eigenvalue weighted by atomic mass is 10.1. The molecule has 53 heavy (non-hydrogen) atoms. The van der Waals surface area contributed by atoms with Gasteiger partial charge in [-0.3, -0.25) is 18.2 Å². The fourth-order valence-corrected chi connectivity index (χ4v) is 10.1. The van der Waals surface area contributed by atoms with Crippen LogP contribution >= 0.6 is 31.3 Å². The summed E-state index contributed by atoms with van der Waals surface area (Å²) in [6, 6.07) is 0. The van der Waals surface area contributed by atoms with Crippen molar-refractivity contribution in [1.29, 1.82) is 0 Å². The van der Waals surface area contributed by atoms with E-state index < -0.39 is 93.6 Å². The first-order chi connectivity index (χ1) is 24.7. The molecule has 4 aromatic heterocycles. The highest BCUT2D eigenvalue weighted by atomic mass is 31.3. The van der Waals surface area contributed by atoms with Gasteiger partial charge >= 0.3 is 31.3 Å². The quantitative estimate of drug-likeness (QED) is 0.0589. The Morgan fingerprint density at radius 1 is 0.585 bits per heavy atom. The molecule has 4 aromatic rings. The molecule has 29 nitrogen and oxygen atoms in total. The molecule has 2 saturated heterocycles. The van der Waals surface area contributed by atoms with Crippen molar-refractivity contribution in [3.8, 4) is 0 Å². The average Bonchev–Trinajstić information content (AvgIpc) is 3.80. The van der Waals surface area contributed by atoms with Crippen LogP contribution in [0.15, 0.2) is 25.3 Å². The molecule has 0 bridgehead atoms. The lowest BCUT2D eigenvalue weighted by molar-refractivity contribution is -0.0505. The second-order valence-corrected chi connectivity index (χ2v) is 17.2. The highest BCUT2D eigenvalue weighted by molar-refractivity contribution is 7.69. The summed E-state index contributed by atoms with van der Waals surface area (Å²) in [4.78, 5) is 63.0. The summed E-state index contributed by atoms with van der Waals surface area (Å²) in [6.45, 7) is -2.22. The van der Waals surface area contributed by atoms with E-state index in [1.807, 2.05) is 0 Å². The van der Waals surface area contributed by atoms with E-state index in [4.69, 9.17) is 20.9 Å². The number of ether oxygens (including phenoxy) is 2. The van der Waals surface area contributed by atoms with Gasteiger partial charge in [0.15, 0.2) is 35.4 Å². The number of hydrogen-bond acceptors (Lipinski definition) is 23. The summed E-state index contributed by atoms with van der Waals surface area (Å²) in [6.07, 6.45) is -8.58. The Morgan fingerprint density at radius 2 is 0.943 bits per heavy atom. The van der Waals surface area contributed by atoms with Gasteiger partial charge in [-0.15, -0.1) is 0 Å². The molecule has 0 amide bonds. The topological polar surface area (TPSA) is 434 Å². The molecule has 0 aromatic carbocycles. The van der Waals surface area contributed by atoms with E-state index in [-0.39, 0.29) is 34.0 Å². The Hall–Kier alpha value is -2.98. The fourth-order valence-electron chi connectivity index (χ4n) is 5.11. The molecule has 12 atom stereocenters. The first kappa shape index (κ1) is 39.7. The normalized spacial score (nSPS) is 30.9. The van der Waals surface area contributed by atoms with E-state index >= 15 is 0 Å². The summed E-state index contributed by atoms with van der Waals surface area (Å²) in [7, 11) is -23.9. The number of nitrogens with zero attached hydrogens (tertiary/aromatic N) is 8. The van der Waals surface area contributed by atoms with Gasteiger partial charge in [-0.05, 0) is 0 Å². The van der Waals surface area contributed by atoms with Crippen LogP contribution < -0.4 is 11.5 Å². The molecular formula is C20H28N10O19P4. The molecule has 0 radical (unpaired) electrons. The highest BCUT2D eigenvalue weighted by Gasteiger charge is 2.50. The Bertz CT molecular complexity index is 2040. The molecule has 6 rings (SSSR count). The van der Waals surface area contributed by atoms with Crippen molar-refractivity contribution < 1.29 is 89.7 Å². The third kappa shape index (κ3) is 8.48. The summed E-state index contributed by atoms with van der Waals surface area (Å²) in [5.41, 5.74) is 11.9. The molecule has 2 fully saturated rings. The zero-order chi connectivity index (χ0) is 38.7. The second-order valence-electron chi connectivity index (χ2n) is 11.0. The standard InChI is InChI=1S/C20H28N10O19P4/c21-15-9-17(25-3-23-15)29(5-27-9)19-13(33)11(31)7(45-19)1-43-50(35,36)47-52(39,40)49-53(41,42)48-51(37,38)44-2-8-12(32)14(34)20(46-8)30-6-28-10-16(22)24-4-26-18(10)30/h3-8,11-14,19-20,31-34H,1-2H2,(H,35,36)(H,37,38)(H,39,40)(H,41,42)(H2,21,23,25)(H2,22,24,26)/t7-,8-,11?,12?,13?,14?,19-,20-/m1/s1. The molecule has 2 aliphatic heterocycles. The molecule has 8 unspecified atom stereocenters. The number of rotatable bonds is 14. The predicted molar refractivity (Wildman–Crippen MR) is 166 cm³/mol. The highest BCUT2D eigenvalue weighted by Crippen LogP contribution is 2.71. The van der Waals surface area contributed by atoms with Gasteiger partial charge in [0.2, 0.25) is 0 Å². The number of fused-ring (bicyclic) bond motifs is 2. The lowest BCUT2D eigenvalue weighted by Crippen LogP contribution is -2.33.